The van der Waals surface area contributed by atoms with Gasteiger partial charge in [-0.05, 0) is 50.3 Å². The third-order valence-electron chi connectivity index (χ3n) is 4.47. The van der Waals surface area contributed by atoms with Gasteiger partial charge in [0.2, 0.25) is 0 Å². The van der Waals surface area contributed by atoms with Crippen LogP contribution in [0.25, 0.3) is 0 Å². The summed E-state index contributed by atoms with van der Waals surface area (Å²) in [6.07, 6.45) is 0.557. The molecule has 5 nitrogen and oxygen atoms in total. The molecular weight excluding hydrogens is 292 g/mol. The molecule has 0 radical (unpaired) electrons. The van der Waals surface area contributed by atoms with E-state index >= 15 is 0 Å². The zero-order valence-corrected chi connectivity index (χ0v) is 14.5. The van der Waals surface area contributed by atoms with Crippen molar-refractivity contribution in [2.75, 3.05) is 18.4 Å². The largest absolute Gasteiger partial charge is 0.391 e. The number of likely N-dealkylation sites (tertiary alicyclic amines) is 1. The first-order valence-corrected chi connectivity index (χ1v) is 8.32. The quantitative estimate of drug-likeness (QED) is 0.896. The Bertz CT molecular complexity index is 545. The maximum absolute atomic E-state index is 12.4. The minimum Gasteiger partial charge on any atom is -0.391 e. The molecule has 1 heterocycles. The van der Waals surface area contributed by atoms with E-state index in [0.717, 1.165) is 23.2 Å². The van der Waals surface area contributed by atoms with E-state index in [9.17, 15) is 9.90 Å². The number of anilines is 1. The maximum Gasteiger partial charge on any atom is 0.321 e. The van der Waals surface area contributed by atoms with Gasteiger partial charge in [0.05, 0.1) is 18.8 Å². The highest BCUT2D eigenvalue weighted by Gasteiger charge is 2.27. The summed E-state index contributed by atoms with van der Waals surface area (Å²) in [5.74, 6) is 0.247. The number of urea groups is 1. The van der Waals surface area contributed by atoms with Gasteiger partial charge < -0.3 is 20.1 Å². The van der Waals surface area contributed by atoms with Crippen molar-refractivity contribution in [2.45, 2.75) is 52.9 Å². The van der Waals surface area contributed by atoms with Crippen molar-refractivity contribution >= 4 is 11.7 Å². The van der Waals surface area contributed by atoms with E-state index in [1.165, 1.54) is 0 Å². The Morgan fingerprint density at radius 1 is 1.48 bits per heavy atom. The number of ether oxygens (including phenoxy) is 1. The van der Waals surface area contributed by atoms with Crippen LogP contribution in [0.3, 0.4) is 0 Å². The molecule has 2 N–H and O–H groups in total. The van der Waals surface area contributed by atoms with Crippen LogP contribution in [0.4, 0.5) is 10.5 Å². The van der Waals surface area contributed by atoms with E-state index in [-0.39, 0.29) is 18.1 Å². The van der Waals surface area contributed by atoms with E-state index in [1.54, 1.807) is 4.90 Å². The Kier molecular flexibility index (Phi) is 6.02. The van der Waals surface area contributed by atoms with Gasteiger partial charge in [-0.15, -0.1) is 0 Å². The number of amides is 2. The molecule has 2 atom stereocenters. The van der Waals surface area contributed by atoms with E-state index in [2.05, 4.69) is 5.32 Å². The number of carbonyl (C=O) groups is 1. The van der Waals surface area contributed by atoms with Gasteiger partial charge in [0.1, 0.15) is 0 Å². The van der Waals surface area contributed by atoms with Crippen LogP contribution < -0.4 is 5.32 Å². The average Bonchev–Trinajstić information content (AvgIpc) is 2.50. The molecule has 128 valence electrons. The zero-order chi connectivity index (χ0) is 17.0. The van der Waals surface area contributed by atoms with Crippen molar-refractivity contribution in [3.05, 3.63) is 29.3 Å². The molecule has 1 aliphatic rings. The highest BCUT2D eigenvalue weighted by atomic mass is 16.5. The maximum atomic E-state index is 12.4. The molecule has 1 fully saturated rings. The number of carbonyl (C=O) groups excluding carboxylic acids is 1. The van der Waals surface area contributed by atoms with Crippen LogP contribution >= 0.6 is 0 Å². The van der Waals surface area contributed by atoms with Crippen LogP contribution in [-0.4, -0.2) is 41.3 Å². The summed E-state index contributed by atoms with van der Waals surface area (Å²) in [7, 11) is 0. The molecule has 0 aromatic heterocycles. The van der Waals surface area contributed by atoms with Crippen LogP contribution in [0, 0.1) is 12.8 Å². The van der Waals surface area contributed by atoms with Crippen molar-refractivity contribution in [3.8, 4) is 0 Å². The predicted molar refractivity (Wildman–Crippen MR) is 91.5 cm³/mol. The van der Waals surface area contributed by atoms with Gasteiger partial charge in [0, 0.05) is 18.8 Å². The molecule has 1 saturated heterocycles. The molecule has 0 saturated carbocycles. The molecular formula is C18H28N2O3. The molecule has 0 bridgehead atoms. The second-order valence-corrected chi connectivity index (χ2v) is 6.66. The van der Waals surface area contributed by atoms with Crippen molar-refractivity contribution < 1.29 is 14.6 Å². The van der Waals surface area contributed by atoms with Crippen molar-refractivity contribution in [3.63, 3.8) is 0 Å². The lowest BCUT2D eigenvalue weighted by Gasteiger charge is -2.34. The zero-order valence-electron chi connectivity index (χ0n) is 14.5. The summed E-state index contributed by atoms with van der Waals surface area (Å²) >= 11 is 0. The number of benzene rings is 1. The Balaban J connectivity index is 2.02. The van der Waals surface area contributed by atoms with Crippen molar-refractivity contribution in [1.82, 2.24) is 4.90 Å². The number of rotatable bonds is 4. The summed E-state index contributed by atoms with van der Waals surface area (Å²) < 4.78 is 5.65. The standard InChI is InChI=1S/C18H28N2O3/c1-12(2)23-11-15-6-5-7-16(14(15)4)19-18(22)20-9-8-13(3)17(21)10-20/h5-7,12-13,17,21H,8-11H2,1-4H3,(H,19,22). The highest BCUT2D eigenvalue weighted by Crippen LogP contribution is 2.22. The third-order valence-corrected chi connectivity index (χ3v) is 4.47. The Labute approximate surface area is 138 Å². The first-order valence-electron chi connectivity index (χ1n) is 8.32. The molecule has 5 heteroatoms. The summed E-state index contributed by atoms with van der Waals surface area (Å²) in [6, 6.07) is 5.68. The summed E-state index contributed by atoms with van der Waals surface area (Å²) in [5.41, 5.74) is 2.89. The van der Waals surface area contributed by atoms with E-state index < -0.39 is 6.10 Å². The molecule has 1 aliphatic heterocycles. The van der Waals surface area contributed by atoms with Gasteiger partial charge in [-0.3, -0.25) is 0 Å². The van der Waals surface area contributed by atoms with Crippen molar-refractivity contribution in [1.29, 1.82) is 0 Å². The van der Waals surface area contributed by atoms with Gasteiger partial charge in [-0.2, -0.15) is 0 Å². The minimum absolute atomic E-state index is 0.152. The van der Waals surface area contributed by atoms with Crippen LogP contribution in [0.2, 0.25) is 0 Å². The molecule has 23 heavy (non-hydrogen) atoms. The number of nitrogens with one attached hydrogen (secondary N) is 1. The lowest BCUT2D eigenvalue weighted by Crippen LogP contribution is -2.47. The van der Waals surface area contributed by atoms with Crippen LogP contribution in [0.15, 0.2) is 18.2 Å². The summed E-state index contributed by atoms with van der Waals surface area (Å²) in [5, 5.41) is 12.9. The molecule has 2 rings (SSSR count). The lowest BCUT2D eigenvalue weighted by molar-refractivity contribution is 0.0463. The number of nitrogens with zero attached hydrogens (tertiary/aromatic N) is 1. The lowest BCUT2D eigenvalue weighted by atomic mass is 9.96. The smallest absolute Gasteiger partial charge is 0.321 e. The number of aliphatic hydroxyl groups is 1. The second-order valence-electron chi connectivity index (χ2n) is 6.66. The fraction of sp³-hybridized carbons (Fsp3) is 0.611. The SMILES string of the molecule is Cc1c(COC(C)C)cccc1NC(=O)N1CCC(C)C(O)C1. The number of aliphatic hydroxyl groups excluding tert-OH is 1. The topological polar surface area (TPSA) is 61.8 Å². The predicted octanol–water partition coefficient (Wildman–Crippen LogP) is 3.15. The fourth-order valence-corrected chi connectivity index (χ4v) is 2.66. The number of β-amino-alcohol motifs (C(OH)–C–C–N with tert-alkyl or cyclic N) is 1. The number of hydrogen-bond donors (Lipinski definition) is 2. The second kappa shape index (κ2) is 7.79. The third kappa shape index (κ3) is 4.69. The van der Waals surface area contributed by atoms with Crippen molar-refractivity contribution in [2.24, 2.45) is 5.92 Å². The molecule has 0 aliphatic carbocycles. The molecule has 2 unspecified atom stereocenters. The van der Waals surface area contributed by atoms with E-state index in [1.807, 2.05) is 45.9 Å². The van der Waals surface area contributed by atoms with Gasteiger partial charge in [-0.25, -0.2) is 4.79 Å². The van der Waals surface area contributed by atoms with Crippen LogP contribution in [0.1, 0.15) is 38.3 Å². The minimum atomic E-state index is -0.443. The first kappa shape index (κ1) is 17.8. The average molecular weight is 320 g/mol. The van der Waals surface area contributed by atoms with Gasteiger partial charge in [-0.1, -0.05) is 19.1 Å². The fourth-order valence-electron chi connectivity index (χ4n) is 2.66. The van der Waals surface area contributed by atoms with Gasteiger partial charge in [0.25, 0.3) is 0 Å². The number of hydrogen-bond acceptors (Lipinski definition) is 3. The van der Waals surface area contributed by atoms with Crippen LogP contribution in [-0.2, 0) is 11.3 Å². The van der Waals surface area contributed by atoms with Crippen LogP contribution in [0.5, 0.6) is 0 Å². The summed E-state index contributed by atoms with van der Waals surface area (Å²) in [6.45, 7) is 9.62. The Hall–Kier alpha value is -1.59. The highest BCUT2D eigenvalue weighted by molar-refractivity contribution is 5.90. The summed E-state index contributed by atoms with van der Waals surface area (Å²) in [4.78, 5) is 14.1. The number of piperidine rings is 1. The van der Waals surface area contributed by atoms with Gasteiger partial charge in [0.15, 0.2) is 0 Å². The molecule has 0 spiro atoms. The molecule has 1 aromatic carbocycles. The normalized spacial score (nSPS) is 21.6. The van der Waals surface area contributed by atoms with E-state index in [0.29, 0.717) is 19.7 Å². The molecule has 1 aromatic rings. The molecule has 2 amide bonds. The Morgan fingerprint density at radius 2 is 2.22 bits per heavy atom. The first-order chi connectivity index (χ1) is 10.9. The Morgan fingerprint density at radius 3 is 2.87 bits per heavy atom. The monoisotopic (exact) mass is 320 g/mol. The van der Waals surface area contributed by atoms with Gasteiger partial charge >= 0.3 is 6.03 Å². The van der Waals surface area contributed by atoms with E-state index in [4.69, 9.17) is 4.74 Å².